The molecule has 0 amide bonds. The molecule has 1 aliphatic carbocycles. The van der Waals surface area contributed by atoms with E-state index in [4.69, 9.17) is 14.6 Å². The molecule has 1 aromatic rings. The minimum Gasteiger partial charge on any atom is -0.490 e. The molecule has 0 radical (unpaired) electrons. The largest absolute Gasteiger partial charge is 0.490 e. The minimum absolute atomic E-state index is 0. The van der Waals surface area contributed by atoms with Crippen molar-refractivity contribution in [2.75, 3.05) is 34.0 Å². The highest BCUT2D eigenvalue weighted by molar-refractivity contribution is 5.32. The monoisotopic (exact) mass is 429 g/mol. The average molecular weight is 430 g/mol. The lowest BCUT2D eigenvalue weighted by Gasteiger charge is -2.21. The lowest BCUT2D eigenvalue weighted by Crippen LogP contribution is -2.21. The van der Waals surface area contributed by atoms with Crippen LogP contribution in [0.1, 0.15) is 79.8 Å². The lowest BCUT2D eigenvalue weighted by molar-refractivity contribution is 0.101. The Bertz CT molecular complexity index is 541. The number of nitrogens with one attached hydrogen (secondary N) is 1. The molecule has 2 N–H and O–H groups in total. The van der Waals surface area contributed by atoms with Crippen LogP contribution < -0.4 is 10.1 Å². The molecule has 5 heteroatoms. The summed E-state index contributed by atoms with van der Waals surface area (Å²) in [4.78, 5) is 0. The van der Waals surface area contributed by atoms with Crippen LogP contribution in [0.5, 0.6) is 5.75 Å². The minimum atomic E-state index is -0.266. The van der Waals surface area contributed by atoms with Gasteiger partial charge >= 0.3 is 0 Å². The van der Waals surface area contributed by atoms with E-state index in [9.17, 15) is 4.39 Å². The fraction of sp³-hybridized carbons (Fsp3) is 0.760. The second-order valence-electron chi connectivity index (χ2n) is 8.40. The predicted molar refractivity (Wildman–Crippen MR) is 127 cm³/mol. The standard InChI is InChI=1S/C15H22FNO.C9H20O.CH4O.H2/c1-10(2)15(17-3)12-6-7-13(16)14(8-12)18-9-11-4-5-11;1-4-6-7-10-8-9(3)5-2;1-2;/h6-8,10-11,15,17H,4-5,9H2,1-3H3;9H,4-8H2,1-3H3;2H,1H3;1H. The van der Waals surface area contributed by atoms with Crippen LogP contribution in [0.25, 0.3) is 0 Å². The molecule has 0 saturated heterocycles. The van der Waals surface area contributed by atoms with Crippen molar-refractivity contribution in [3.63, 3.8) is 0 Å². The number of hydrogen-bond donors (Lipinski definition) is 2. The number of ether oxygens (including phenoxy) is 2. The number of aliphatic hydroxyl groups excluding tert-OH is 1. The third kappa shape index (κ3) is 12.5. The third-order valence-electron chi connectivity index (χ3n) is 5.21. The molecule has 1 fully saturated rings. The van der Waals surface area contributed by atoms with Crippen LogP contribution in [0, 0.1) is 23.6 Å². The average Bonchev–Trinajstić information content (AvgIpc) is 3.58. The summed E-state index contributed by atoms with van der Waals surface area (Å²) in [5, 5.41) is 10.3. The van der Waals surface area contributed by atoms with E-state index in [-0.39, 0.29) is 13.3 Å². The first-order chi connectivity index (χ1) is 14.4. The van der Waals surface area contributed by atoms with Crippen LogP contribution in [0.4, 0.5) is 4.39 Å². The Morgan fingerprint density at radius 2 is 1.87 bits per heavy atom. The third-order valence-corrected chi connectivity index (χ3v) is 5.21. The van der Waals surface area contributed by atoms with Crippen molar-refractivity contribution >= 4 is 0 Å². The van der Waals surface area contributed by atoms with Crippen LogP contribution >= 0.6 is 0 Å². The van der Waals surface area contributed by atoms with Gasteiger partial charge in [-0.15, -0.1) is 0 Å². The molecule has 0 heterocycles. The molecule has 0 aliphatic heterocycles. The first-order valence-electron chi connectivity index (χ1n) is 11.5. The summed E-state index contributed by atoms with van der Waals surface area (Å²) in [5.74, 6) is 1.95. The molecule has 2 atom stereocenters. The number of benzene rings is 1. The second kappa shape index (κ2) is 17.5. The van der Waals surface area contributed by atoms with E-state index >= 15 is 0 Å². The molecule has 178 valence electrons. The van der Waals surface area contributed by atoms with E-state index in [0.717, 1.165) is 31.8 Å². The number of aliphatic hydroxyl groups is 1. The van der Waals surface area contributed by atoms with Gasteiger partial charge < -0.3 is 19.9 Å². The van der Waals surface area contributed by atoms with Gasteiger partial charge in [0.05, 0.1) is 6.61 Å². The van der Waals surface area contributed by atoms with Gasteiger partial charge in [0.25, 0.3) is 0 Å². The van der Waals surface area contributed by atoms with E-state index in [1.54, 1.807) is 0 Å². The first kappa shape index (κ1) is 28.8. The molecule has 0 aromatic heterocycles. The van der Waals surface area contributed by atoms with Crippen molar-refractivity contribution in [1.82, 2.24) is 5.32 Å². The van der Waals surface area contributed by atoms with Crippen LogP contribution in [0.3, 0.4) is 0 Å². The van der Waals surface area contributed by atoms with Gasteiger partial charge in [-0.25, -0.2) is 4.39 Å². The van der Waals surface area contributed by atoms with Crippen molar-refractivity contribution in [1.29, 1.82) is 0 Å². The summed E-state index contributed by atoms with van der Waals surface area (Å²) >= 11 is 0. The van der Waals surface area contributed by atoms with Crippen molar-refractivity contribution in [3.8, 4) is 5.75 Å². The van der Waals surface area contributed by atoms with E-state index in [1.807, 2.05) is 19.2 Å². The first-order valence-corrected chi connectivity index (χ1v) is 11.5. The van der Waals surface area contributed by atoms with Gasteiger partial charge in [0, 0.05) is 27.8 Å². The number of halogens is 1. The van der Waals surface area contributed by atoms with Crippen molar-refractivity contribution < 1.29 is 20.4 Å². The van der Waals surface area contributed by atoms with E-state index in [1.165, 1.54) is 38.2 Å². The maximum atomic E-state index is 13.7. The second-order valence-corrected chi connectivity index (χ2v) is 8.40. The van der Waals surface area contributed by atoms with Gasteiger partial charge in [-0.1, -0.05) is 53.5 Å². The van der Waals surface area contributed by atoms with E-state index in [0.29, 0.717) is 24.2 Å². The topological polar surface area (TPSA) is 50.7 Å². The van der Waals surface area contributed by atoms with Crippen LogP contribution in [-0.2, 0) is 4.74 Å². The summed E-state index contributed by atoms with van der Waals surface area (Å²) in [5.41, 5.74) is 1.08. The lowest BCUT2D eigenvalue weighted by atomic mass is 9.96. The number of hydrogen-bond acceptors (Lipinski definition) is 4. The van der Waals surface area contributed by atoms with Gasteiger partial charge in [0.1, 0.15) is 0 Å². The summed E-state index contributed by atoms with van der Waals surface area (Å²) in [6, 6.07) is 5.40. The predicted octanol–water partition coefficient (Wildman–Crippen LogP) is 6.23. The van der Waals surface area contributed by atoms with Crippen molar-refractivity contribution in [2.24, 2.45) is 17.8 Å². The highest BCUT2D eigenvalue weighted by Gasteiger charge is 2.23. The fourth-order valence-corrected chi connectivity index (χ4v) is 2.85. The molecule has 1 aromatic carbocycles. The van der Waals surface area contributed by atoms with Gasteiger partial charge in [0.2, 0.25) is 0 Å². The van der Waals surface area contributed by atoms with Gasteiger partial charge in [-0.05, 0) is 61.8 Å². The Kier molecular flexibility index (Phi) is 16.8. The molecule has 1 aliphatic rings. The summed E-state index contributed by atoms with van der Waals surface area (Å²) in [7, 11) is 2.93. The zero-order valence-corrected chi connectivity index (χ0v) is 20.3. The fourth-order valence-electron chi connectivity index (χ4n) is 2.85. The zero-order chi connectivity index (χ0) is 22.9. The SMILES string of the molecule is CCCCOCC(C)CC.CNC(c1ccc(F)c(OCC2CC2)c1)C(C)C.CO.[HH]. The Morgan fingerprint density at radius 3 is 2.37 bits per heavy atom. The van der Waals surface area contributed by atoms with Gasteiger partial charge in [-0.3, -0.25) is 0 Å². The maximum absolute atomic E-state index is 13.7. The number of unbranched alkanes of at least 4 members (excludes halogenated alkanes) is 1. The Balaban J connectivity index is 0. The quantitative estimate of drug-likeness (QED) is 0.386. The van der Waals surface area contributed by atoms with Crippen LogP contribution in [0.15, 0.2) is 18.2 Å². The summed E-state index contributed by atoms with van der Waals surface area (Å²) in [6.07, 6.45) is 6.10. The maximum Gasteiger partial charge on any atom is 0.165 e. The zero-order valence-electron chi connectivity index (χ0n) is 20.3. The molecule has 0 bridgehead atoms. The van der Waals surface area contributed by atoms with Crippen LogP contribution in [-0.4, -0.2) is 39.1 Å². The Morgan fingerprint density at radius 1 is 1.20 bits per heavy atom. The number of rotatable bonds is 12. The summed E-state index contributed by atoms with van der Waals surface area (Å²) < 4.78 is 24.7. The summed E-state index contributed by atoms with van der Waals surface area (Å²) in [6.45, 7) is 13.4. The van der Waals surface area contributed by atoms with E-state index < -0.39 is 0 Å². The molecule has 30 heavy (non-hydrogen) atoms. The molecule has 1 saturated carbocycles. The highest BCUT2D eigenvalue weighted by atomic mass is 19.1. The van der Waals surface area contributed by atoms with E-state index in [2.05, 4.69) is 39.9 Å². The molecular formula is C25H48FNO3. The van der Waals surface area contributed by atoms with Gasteiger partial charge in [0.15, 0.2) is 11.6 Å². The molecule has 2 unspecified atom stereocenters. The molecule has 0 spiro atoms. The van der Waals surface area contributed by atoms with Crippen molar-refractivity contribution in [2.45, 2.75) is 72.8 Å². The molecule has 4 nitrogen and oxygen atoms in total. The molecular weight excluding hydrogens is 381 g/mol. The highest BCUT2D eigenvalue weighted by Crippen LogP contribution is 2.31. The normalized spacial score (nSPS) is 14.9. The Hall–Kier alpha value is -1.17. The van der Waals surface area contributed by atoms with Crippen molar-refractivity contribution in [3.05, 3.63) is 29.6 Å². The van der Waals surface area contributed by atoms with Gasteiger partial charge in [-0.2, -0.15) is 0 Å². The smallest absolute Gasteiger partial charge is 0.165 e. The Labute approximate surface area is 186 Å². The van der Waals surface area contributed by atoms with Crippen LogP contribution in [0.2, 0.25) is 0 Å². The molecule has 2 rings (SSSR count).